The molecule has 1 saturated heterocycles. The van der Waals surface area contributed by atoms with E-state index >= 15 is 0 Å². The second kappa shape index (κ2) is 9.59. The second-order valence-electron chi connectivity index (χ2n) is 7.34. The number of carbonyl (C=O) groups excluding carboxylic acids is 1. The number of halogens is 3. The van der Waals surface area contributed by atoms with Crippen LogP contribution in [0.15, 0.2) is 55.0 Å². The molecule has 1 aliphatic rings. The van der Waals surface area contributed by atoms with Gasteiger partial charge >= 0.3 is 6.18 Å². The van der Waals surface area contributed by atoms with Crippen molar-refractivity contribution in [2.45, 2.75) is 6.18 Å². The quantitative estimate of drug-likeness (QED) is 0.544. The van der Waals surface area contributed by atoms with Crippen molar-refractivity contribution in [3.63, 3.8) is 0 Å². The van der Waals surface area contributed by atoms with Crippen LogP contribution in [0.25, 0.3) is 0 Å². The first-order chi connectivity index (χ1) is 16.4. The van der Waals surface area contributed by atoms with Gasteiger partial charge in [0.05, 0.1) is 5.56 Å². The molecule has 0 radical (unpaired) electrons. The van der Waals surface area contributed by atoms with Gasteiger partial charge in [-0.05, 0) is 36.3 Å². The second-order valence-corrected chi connectivity index (χ2v) is 7.34. The maximum absolute atomic E-state index is 13.5. The van der Waals surface area contributed by atoms with E-state index in [0.717, 1.165) is 6.07 Å². The van der Waals surface area contributed by atoms with E-state index in [1.807, 2.05) is 11.0 Å². The fourth-order valence-corrected chi connectivity index (χ4v) is 3.54. The maximum atomic E-state index is 13.5. The molecule has 0 N–H and O–H groups in total. The average molecular weight is 462 g/mol. The number of aromatic nitrogens is 3. The lowest BCUT2D eigenvalue weighted by atomic mass is 10.0. The Morgan fingerprint density at radius 1 is 0.941 bits per heavy atom. The van der Waals surface area contributed by atoms with Crippen molar-refractivity contribution >= 4 is 11.7 Å². The van der Waals surface area contributed by atoms with Crippen molar-refractivity contribution in [3.05, 3.63) is 83.1 Å². The lowest BCUT2D eigenvalue weighted by Gasteiger charge is -2.35. The van der Waals surface area contributed by atoms with Crippen LogP contribution in [0.3, 0.4) is 0 Å². The third-order valence-corrected chi connectivity index (χ3v) is 5.21. The molecule has 0 atom stereocenters. The highest BCUT2D eigenvalue weighted by atomic mass is 19.4. The summed E-state index contributed by atoms with van der Waals surface area (Å²) in [6, 6.07) is 10.2. The number of amides is 1. The molecular formula is C24H17F3N6O. The van der Waals surface area contributed by atoms with E-state index in [1.54, 1.807) is 23.1 Å². The van der Waals surface area contributed by atoms with Crippen LogP contribution in [0.2, 0.25) is 0 Å². The van der Waals surface area contributed by atoms with Crippen molar-refractivity contribution in [1.29, 1.82) is 5.26 Å². The number of nitrogens with zero attached hydrogens (tertiary/aromatic N) is 6. The average Bonchev–Trinajstić information content (AvgIpc) is 2.87. The summed E-state index contributed by atoms with van der Waals surface area (Å²) < 4.78 is 40.5. The summed E-state index contributed by atoms with van der Waals surface area (Å²) in [5.41, 5.74) is -0.570. The zero-order valence-electron chi connectivity index (χ0n) is 17.8. The molecule has 2 aromatic heterocycles. The van der Waals surface area contributed by atoms with Crippen LogP contribution in [0.1, 0.15) is 32.9 Å². The normalized spacial score (nSPS) is 13.6. The molecule has 3 aromatic rings. The number of piperazine rings is 1. The van der Waals surface area contributed by atoms with Crippen molar-refractivity contribution in [2.24, 2.45) is 0 Å². The Morgan fingerprint density at radius 3 is 2.38 bits per heavy atom. The molecule has 1 aromatic carbocycles. The molecule has 4 rings (SSSR count). The molecule has 0 bridgehead atoms. The maximum Gasteiger partial charge on any atom is 0.417 e. The first-order valence-corrected chi connectivity index (χ1v) is 10.3. The van der Waals surface area contributed by atoms with E-state index in [1.165, 1.54) is 30.7 Å². The van der Waals surface area contributed by atoms with Crippen LogP contribution in [0.4, 0.5) is 19.0 Å². The third-order valence-electron chi connectivity index (χ3n) is 5.21. The first kappa shape index (κ1) is 22.7. The molecule has 1 fully saturated rings. The standard InChI is InChI=1S/C24H17F3N6O/c25-24(26,27)20-7-5-18(15-17(20)4-6-19-3-1-2-8-29-19)23(34)33-13-11-32(12-14-33)22-21(16-28)30-9-10-31-22/h1-3,5,7-10,15H,11-14H2. The summed E-state index contributed by atoms with van der Waals surface area (Å²) in [5.74, 6) is 5.19. The molecular weight excluding hydrogens is 445 g/mol. The number of hydrogen-bond donors (Lipinski definition) is 0. The summed E-state index contributed by atoms with van der Waals surface area (Å²) >= 11 is 0. The van der Waals surface area contributed by atoms with E-state index in [9.17, 15) is 23.2 Å². The van der Waals surface area contributed by atoms with Crippen molar-refractivity contribution in [3.8, 4) is 17.9 Å². The molecule has 7 nitrogen and oxygen atoms in total. The van der Waals surface area contributed by atoms with Gasteiger partial charge in [-0.3, -0.25) is 4.79 Å². The molecule has 1 aliphatic heterocycles. The van der Waals surface area contributed by atoms with Crippen LogP contribution in [0, 0.1) is 23.2 Å². The molecule has 0 unspecified atom stereocenters. The minimum Gasteiger partial charge on any atom is -0.351 e. The van der Waals surface area contributed by atoms with E-state index in [4.69, 9.17) is 0 Å². The van der Waals surface area contributed by atoms with Gasteiger partial charge in [-0.1, -0.05) is 12.0 Å². The Bertz CT molecular complexity index is 1300. The highest BCUT2D eigenvalue weighted by molar-refractivity contribution is 5.95. The van der Waals surface area contributed by atoms with Crippen LogP contribution in [-0.4, -0.2) is 51.9 Å². The van der Waals surface area contributed by atoms with Crippen molar-refractivity contribution < 1.29 is 18.0 Å². The van der Waals surface area contributed by atoms with Crippen molar-refractivity contribution in [1.82, 2.24) is 19.9 Å². The number of rotatable bonds is 2. The summed E-state index contributed by atoms with van der Waals surface area (Å²) in [4.78, 5) is 28.6. The number of anilines is 1. The monoisotopic (exact) mass is 462 g/mol. The molecule has 34 heavy (non-hydrogen) atoms. The SMILES string of the molecule is N#Cc1nccnc1N1CCN(C(=O)c2ccc(C(F)(F)F)c(C#Cc3ccccn3)c2)CC1. The fraction of sp³-hybridized carbons (Fsp3) is 0.208. The largest absolute Gasteiger partial charge is 0.417 e. The van der Waals surface area contributed by atoms with Gasteiger partial charge in [0.2, 0.25) is 0 Å². The van der Waals surface area contributed by atoms with Gasteiger partial charge < -0.3 is 9.80 Å². The molecule has 170 valence electrons. The summed E-state index contributed by atoms with van der Waals surface area (Å²) in [6.07, 6.45) is -0.199. The van der Waals surface area contributed by atoms with E-state index in [-0.39, 0.29) is 16.8 Å². The fourth-order valence-electron chi connectivity index (χ4n) is 3.54. The molecule has 0 aliphatic carbocycles. The Balaban J connectivity index is 1.55. The lowest BCUT2D eigenvalue weighted by molar-refractivity contribution is -0.137. The zero-order chi connectivity index (χ0) is 24.1. The van der Waals surface area contributed by atoms with Gasteiger partial charge in [0.15, 0.2) is 11.5 Å². The topological polar surface area (TPSA) is 86.0 Å². The third kappa shape index (κ3) is 4.97. The molecule has 3 heterocycles. The van der Waals surface area contributed by atoms with Crippen LogP contribution in [0.5, 0.6) is 0 Å². The number of alkyl halides is 3. The molecule has 0 spiro atoms. The van der Waals surface area contributed by atoms with Crippen LogP contribution >= 0.6 is 0 Å². The molecule has 10 heteroatoms. The smallest absolute Gasteiger partial charge is 0.351 e. The van der Waals surface area contributed by atoms with Gasteiger partial charge in [0.25, 0.3) is 5.91 Å². The van der Waals surface area contributed by atoms with E-state index < -0.39 is 17.6 Å². The Hall–Kier alpha value is -4.44. The number of hydrogen-bond acceptors (Lipinski definition) is 6. The Kier molecular flexibility index (Phi) is 6.42. The minimum atomic E-state index is -4.61. The minimum absolute atomic E-state index is 0.115. The van der Waals surface area contributed by atoms with E-state index in [2.05, 4.69) is 26.8 Å². The van der Waals surface area contributed by atoms with Gasteiger partial charge in [0.1, 0.15) is 11.8 Å². The first-order valence-electron chi connectivity index (χ1n) is 10.3. The van der Waals surface area contributed by atoms with Gasteiger partial charge in [-0.2, -0.15) is 18.4 Å². The number of pyridine rings is 1. The van der Waals surface area contributed by atoms with Gasteiger partial charge in [-0.15, -0.1) is 0 Å². The molecule has 1 amide bonds. The highest BCUT2D eigenvalue weighted by Gasteiger charge is 2.34. The lowest BCUT2D eigenvalue weighted by Crippen LogP contribution is -2.49. The number of carbonyl (C=O) groups is 1. The highest BCUT2D eigenvalue weighted by Crippen LogP contribution is 2.32. The van der Waals surface area contributed by atoms with Crippen LogP contribution in [-0.2, 0) is 6.18 Å². The Labute approximate surface area is 193 Å². The predicted octanol–water partition coefficient (Wildman–Crippen LogP) is 3.12. The van der Waals surface area contributed by atoms with E-state index in [0.29, 0.717) is 37.7 Å². The predicted molar refractivity (Wildman–Crippen MR) is 117 cm³/mol. The summed E-state index contributed by atoms with van der Waals surface area (Å²) in [7, 11) is 0. The zero-order valence-corrected chi connectivity index (χ0v) is 17.8. The Morgan fingerprint density at radius 2 is 1.71 bits per heavy atom. The number of benzene rings is 1. The molecule has 0 saturated carbocycles. The number of nitriles is 1. The summed E-state index contributed by atoms with van der Waals surface area (Å²) in [5, 5.41) is 9.22. The van der Waals surface area contributed by atoms with Crippen LogP contribution < -0.4 is 4.90 Å². The van der Waals surface area contributed by atoms with Gasteiger partial charge in [-0.25, -0.2) is 15.0 Å². The van der Waals surface area contributed by atoms with Crippen molar-refractivity contribution in [2.75, 3.05) is 31.1 Å². The summed E-state index contributed by atoms with van der Waals surface area (Å²) in [6.45, 7) is 1.45. The van der Waals surface area contributed by atoms with Gasteiger partial charge in [0, 0.05) is 55.9 Å².